The third-order valence-corrected chi connectivity index (χ3v) is 6.77. The third-order valence-electron chi connectivity index (χ3n) is 5.79. The van der Waals surface area contributed by atoms with Crippen LogP contribution < -0.4 is 25.6 Å². The van der Waals surface area contributed by atoms with E-state index in [1.807, 2.05) is 0 Å². The lowest BCUT2D eigenvalue weighted by molar-refractivity contribution is -0.119. The van der Waals surface area contributed by atoms with Crippen LogP contribution in [0.4, 0.5) is 19.4 Å². The normalized spacial score (nSPS) is 17.7. The molecule has 3 aromatic rings. The maximum absolute atomic E-state index is 14.6. The van der Waals surface area contributed by atoms with Gasteiger partial charge in [-0.2, -0.15) is 4.98 Å². The lowest BCUT2D eigenvalue weighted by atomic mass is 10.2. The van der Waals surface area contributed by atoms with Crippen LogP contribution in [-0.4, -0.2) is 85.3 Å². The molecule has 3 N–H and O–H groups in total. The number of benzene rings is 1. The van der Waals surface area contributed by atoms with Gasteiger partial charge in [0.2, 0.25) is 12.6 Å². The molecule has 0 spiro atoms. The Balaban J connectivity index is 0.000000978. The molecule has 18 heteroatoms. The summed E-state index contributed by atoms with van der Waals surface area (Å²) in [5, 5.41) is 5.57. The van der Waals surface area contributed by atoms with Crippen LogP contribution in [0.5, 0.6) is 11.5 Å². The van der Waals surface area contributed by atoms with Crippen molar-refractivity contribution in [2.45, 2.75) is 38.2 Å². The SMILES string of the molecule is CCNP(O)OC[C@@H]1CC(F)(F)[C@H](n2ccc(NC(=O)OCc3cc4cc(OC)cc(OC)c4o3)nc2=O)O1.CN(C)C=O. The van der Waals surface area contributed by atoms with Gasteiger partial charge in [0.05, 0.1) is 26.9 Å². The van der Waals surface area contributed by atoms with Crippen molar-refractivity contribution in [1.82, 2.24) is 19.5 Å². The first-order valence-electron chi connectivity index (χ1n) is 13.1. The highest BCUT2D eigenvalue weighted by Crippen LogP contribution is 2.43. The predicted molar refractivity (Wildman–Crippen MR) is 154 cm³/mol. The highest BCUT2D eigenvalue weighted by molar-refractivity contribution is 7.43. The number of fused-ring (bicyclic) bond motifs is 1. The van der Waals surface area contributed by atoms with E-state index in [0.29, 0.717) is 39.3 Å². The number of anilines is 1. The number of furan rings is 1. The zero-order valence-electron chi connectivity index (χ0n) is 24.6. The van der Waals surface area contributed by atoms with Gasteiger partial charge in [-0.15, -0.1) is 0 Å². The Kier molecular flexibility index (Phi) is 12.4. The molecule has 3 atom stereocenters. The van der Waals surface area contributed by atoms with Gasteiger partial charge in [0.1, 0.15) is 17.3 Å². The Morgan fingerprint density at radius 1 is 1.30 bits per heavy atom. The summed E-state index contributed by atoms with van der Waals surface area (Å²) in [7, 11) is 4.40. The van der Waals surface area contributed by atoms with E-state index in [9.17, 15) is 28.1 Å². The summed E-state index contributed by atoms with van der Waals surface area (Å²) in [6.07, 6.45) is -2.87. The zero-order valence-corrected chi connectivity index (χ0v) is 25.5. The highest BCUT2D eigenvalue weighted by Gasteiger charge is 2.52. The fraction of sp³-hybridized carbons (Fsp3) is 0.462. The Hall–Kier alpha value is -3.89. The Labute approximate surface area is 251 Å². The van der Waals surface area contributed by atoms with Crippen molar-refractivity contribution in [3.05, 3.63) is 46.7 Å². The molecule has 44 heavy (non-hydrogen) atoms. The molecule has 0 saturated carbocycles. The number of methoxy groups -OCH3 is 2. The van der Waals surface area contributed by atoms with Crippen LogP contribution >= 0.6 is 8.53 Å². The molecule has 1 unspecified atom stereocenters. The molecular formula is C26H34F2N5O10P. The molecule has 1 fully saturated rings. The molecule has 0 bridgehead atoms. The molecule has 242 valence electrons. The van der Waals surface area contributed by atoms with Crippen molar-refractivity contribution < 1.29 is 51.2 Å². The molecular weight excluding hydrogens is 611 g/mol. The summed E-state index contributed by atoms with van der Waals surface area (Å²) in [6.45, 7) is 1.64. The van der Waals surface area contributed by atoms with E-state index in [1.165, 1.54) is 19.1 Å². The number of hydrogen-bond acceptors (Lipinski definition) is 12. The van der Waals surface area contributed by atoms with E-state index >= 15 is 0 Å². The lowest BCUT2D eigenvalue weighted by Crippen LogP contribution is -2.35. The van der Waals surface area contributed by atoms with E-state index in [2.05, 4.69) is 15.4 Å². The molecule has 0 aliphatic carbocycles. The first kappa shape index (κ1) is 34.6. The number of hydrogen-bond donors (Lipinski definition) is 3. The maximum Gasteiger partial charge on any atom is 0.413 e. The quantitative estimate of drug-likeness (QED) is 0.194. The van der Waals surface area contributed by atoms with Gasteiger partial charge in [0, 0.05) is 44.7 Å². The summed E-state index contributed by atoms with van der Waals surface area (Å²) < 4.78 is 61.5. The lowest BCUT2D eigenvalue weighted by Gasteiger charge is -2.20. The second-order valence-corrected chi connectivity index (χ2v) is 10.5. The zero-order chi connectivity index (χ0) is 32.4. The first-order valence-corrected chi connectivity index (χ1v) is 14.3. The molecule has 1 aliphatic rings. The van der Waals surface area contributed by atoms with Crippen molar-refractivity contribution in [2.24, 2.45) is 0 Å². The van der Waals surface area contributed by atoms with Gasteiger partial charge in [-0.05, 0) is 18.2 Å². The molecule has 2 aromatic heterocycles. The van der Waals surface area contributed by atoms with E-state index in [1.54, 1.807) is 39.2 Å². The van der Waals surface area contributed by atoms with Gasteiger partial charge in [0.25, 0.3) is 14.4 Å². The van der Waals surface area contributed by atoms with E-state index in [0.717, 1.165) is 18.7 Å². The van der Waals surface area contributed by atoms with Crippen molar-refractivity contribution in [1.29, 1.82) is 0 Å². The van der Waals surface area contributed by atoms with Crippen LogP contribution in [0.2, 0.25) is 0 Å². The summed E-state index contributed by atoms with van der Waals surface area (Å²) in [6, 6.07) is 6.18. The summed E-state index contributed by atoms with van der Waals surface area (Å²) in [5.41, 5.74) is -0.633. The van der Waals surface area contributed by atoms with Crippen LogP contribution in [0.15, 0.2) is 39.7 Å². The summed E-state index contributed by atoms with van der Waals surface area (Å²) in [4.78, 5) is 48.8. The Morgan fingerprint density at radius 2 is 2.02 bits per heavy atom. The number of aromatic nitrogens is 2. The number of alkyl halides is 2. The number of ether oxygens (including phenoxy) is 4. The van der Waals surface area contributed by atoms with Gasteiger partial charge in [-0.3, -0.25) is 19.8 Å². The highest BCUT2D eigenvalue weighted by atomic mass is 31.2. The average molecular weight is 646 g/mol. The smallest absolute Gasteiger partial charge is 0.413 e. The Morgan fingerprint density at radius 3 is 2.64 bits per heavy atom. The van der Waals surface area contributed by atoms with Crippen molar-refractivity contribution in [3.63, 3.8) is 0 Å². The standard InChI is InChI=1S/C23H27F2N4O9P.C3H7NO/c1-4-26-39(32)36-12-16-10-23(24,25)20(38-16)29-6-5-18(27-21(29)30)28-22(31)35-11-15-8-13-7-14(33-2)9-17(34-3)19(13)37-15;1-4(2)3-5/h5-9,16,20,26,32H,4,10-12H2,1-3H3,(H,27,28,30,31);3H,1-2H3/t16-,20+,39?;/m0./s1. The minimum Gasteiger partial charge on any atom is -0.497 e. The van der Waals surface area contributed by atoms with Crippen molar-refractivity contribution in [3.8, 4) is 11.5 Å². The summed E-state index contributed by atoms with van der Waals surface area (Å²) in [5.74, 6) is -2.31. The minimum absolute atomic E-state index is 0.213. The van der Waals surface area contributed by atoms with E-state index < -0.39 is 45.0 Å². The van der Waals surface area contributed by atoms with Crippen molar-refractivity contribution in [2.75, 3.05) is 46.8 Å². The molecule has 1 aliphatic heterocycles. The monoisotopic (exact) mass is 645 g/mol. The first-order chi connectivity index (χ1) is 20.9. The van der Waals surface area contributed by atoms with Crippen LogP contribution in [-0.2, 0) is 25.4 Å². The number of halogens is 2. The number of nitrogens with zero attached hydrogens (tertiary/aromatic N) is 3. The number of nitrogens with one attached hydrogen (secondary N) is 2. The number of carbonyl (C=O) groups is 2. The topological polar surface area (TPSA) is 176 Å². The van der Waals surface area contributed by atoms with Gasteiger partial charge in [-0.25, -0.2) is 18.4 Å². The van der Waals surface area contributed by atoms with Gasteiger partial charge in [-0.1, -0.05) is 6.92 Å². The second kappa shape index (κ2) is 15.7. The molecule has 2 amide bonds. The fourth-order valence-corrected chi connectivity index (χ4v) is 4.53. The molecule has 1 aromatic carbocycles. The molecule has 15 nitrogen and oxygen atoms in total. The second-order valence-electron chi connectivity index (χ2n) is 9.39. The van der Waals surface area contributed by atoms with E-state index in [-0.39, 0.29) is 19.0 Å². The third kappa shape index (κ3) is 9.30. The molecule has 3 heterocycles. The van der Waals surface area contributed by atoms with Crippen LogP contribution in [0.1, 0.15) is 25.3 Å². The Bertz CT molecular complexity index is 1470. The van der Waals surface area contributed by atoms with Crippen LogP contribution in [0, 0.1) is 0 Å². The van der Waals surface area contributed by atoms with Gasteiger partial charge < -0.3 is 37.7 Å². The van der Waals surface area contributed by atoms with Crippen LogP contribution in [0.25, 0.3) is 11.0 Å². The molecule has 4 rings (SSSR count). The predicted octanol–water partition coefficient (Wildman–Crippen LogP) is 3.23. The van der Waals surface area contributed by atoms with Crippen molar-refractivity contribution >= 4 is 37.8 Å². The molecule has 0 radical (unpaired) electrons. The van der Waals surface area contributed by atoms with Crippen LogP contribution in [0.3, 0.4) is 0 Å². The van der Waals surface area contributed by atoms with Gasteiger partial charge in [0.15, 0.2) is 17.9 Å². The fourth-order valence-electron chi connectivity index (χ4n) is 3.86. The minimum atomic E-state index is -3.40. The molecule has 1 saturated heterocycles. The number of rotatable bonds is 12. The number of carbonyl (C=O) groups excluding carboxylic acids is 2. The van der Waals surface area contributed by atoms with E-state index in [4.69, 9.17) is 27.9 Å². The largest absolute Gasteiger partial charge is 0.497 e. The van der Waals surface area contributed by atoms with Gasteiger partial charge >= 0.3 is 11.8 Å². The number of amides is 2. The summed E-state index contributed by atoms with van der Waals surface area (Å²) >= 11 is 0. The average Bonchev–Trinajstić information content (AvgIpc) is 3.54. The maximum atomic E-state index is 14.6.